The van der Waals surface area contributed by atoms with Gasteiger partial charge in [0.05, 0.1) is 6.04 Å². The molecule has 0 saturated carbocycles. The van der Waals surface area contributed by atoms with Crippen molar-refractivity contribution in [3.63, 3.8) is 0 Å². The van der Waals surface area contributed by atoms with Gasteiger partial charge < -0.3 is 10.4 Å². The zero-order valence-electron chi connectivity index (χ0n) is 9.91. The quantitative estimate of drug-likeness (QED) is 0.563. The number of hydrogen-bond donors (Lipinski definition) is 3. The number of unbranched alkanes of at least 4 members (excludes halogenated alkanes) is 3. The first-order valence-electron chi connectivity index (χ1n) is 6.01. The van der Waals surface area contributed by atoms with E-state index in [-0.39, 0.29) is 18.4 Å². The molecule has 3 N–H and O–H groups in total. The molecule has 1 unspecified atom stereocenters. The minimum Gasteiger partial charge on any atom is -0.481 e. The average Bonchev–Trinajstić information content (AvgIpc) is 2.80. The van der Waals surface area contributed by atoms with E-state index in [1.54, 1.807) is 11.8 Å². The van der Waals surface area contributed by atoms with E-state index >= 15 is 0 Å². The molecule has 1 rings (SSSR count). The van der Waals surface area contributed by atoms with Crippen LogP contribution in [0.4, 0.5) is 0 Å². The molecule has 1 fully saturated rings. The molecular formula is C11H20N2O3S. The molecular weight excluding hydrogens is 240 g/mol. The molecule has 1 aliphatic rings. The Labute approximate surface area is 106 Å². The van der Waals surface area contributed by atoms with Crippen molar-refractivity contribution < 1.29 is 14.7 Å². The van der Waals surface area contributed by atoms with E-state index in [9.17, 15) is 9.59 Å². The number of thioether (sulfide) groups is 1. The van der Waals surface area contributed by atoms with Crippen LogP contribution >= 0.6 is 11.8 Å². The van der Waals surface area contributed by atoms with Crippen molar-refractivity contribution in [2.24, 2.45) is 0 Å². The molecule has 0 aromatic heterocycles. The molecule has 17 heavy (non-hydrogen) atoms. The van der Waals surface area contributed by atoms with Crippen molar-refractivity contribution in [3.05, 3.63) is 0 Å². The lowest BCUT2D eigenvalue weighted by atomic mass is 10.1. The van der Waals surface area contributed by atoms with Gasteiger partial charge in [0.2, 0.25) is 5.91 Å². The molecule has 0 aromatic rings. The second kappa shape index (κ2) is 8.36. The number of carboxylic acid groups (broad SMARTS) is 1. The maximum Gasteiger partial charge on any atom is 0.303 e. The van der Waals surface area contributed by atoms with Crippen molar-refractivity contribution in [2.45, 2.75) is 38.1 Å². The van der Waals surface area contributed by atoms with Gasteiger partial charge in [0.25, 0.3) is 0 Å². The van der Waals surface area contributed by atoms with Crippen molar-refractivity contribution in [1.29, 1.82) is 0 Å². The fourth-order valence-corrected chi connectivity index (χ4v) is 2.59. The lowest BCUT2D eigenvalue weighted by Crippen LogP contribution is -2.42. The summed E-state index contributed by atoms with van der Waals surface area (Å²) in [4.78, 5) is 21.8. The summed E-state index contributed by atoms with van der Waals surface area (Å²) in [5, 5.41) is 14.5. The minimum atomic E-state index is -0.733. The van der Waals surface area contributed by atoms with Crippen LogP contribution in [0.2, 0.25) is 0 Å². The third kappa shape index (κ3) is 6.53. The fraction of sp³-hybridized carbons (Fsp3) is 0.818. The number of rotatable bonds is 8. The summed E-state index contributed by atoms with van der Waals surface area (Å²) in [7, 11) is 0. The van der Waals surface area contributed by atoms with Gasteiger partial charge in [-0.3, -0.25) is 14.9 Å². The topological polar surface area (TPSA) is 78.4 Å². The maximum absolute atomic E-state index is 11.6. The van der Waals surface area contributed by atoms with Gasteiger partial charge in [-0.2, -0.15) is 0 Å². The molecule has 1 aliphatic heterocycles. The molecule has 1 saturated heterocycles. The highest BCUT2D eigenvalue weighted by Gasteiger charge is 2.21. The summed E-state index contributed by atoms with van der Waals surface area (Å²) >= 11 is 1.74. The Morgan fingerprint density at radius 2 is 2.06 bits per heavy atom. The zero-order valence-corrected chi connectivity index (χ0v) is 10.7. The van der Waals surface area contributed by atoms with E-state index in [0.29, 0.717) is 6.54 Å². The van der Waals surface area contributed by atoms with Gasteiger partial charge in [-0.05, 0) is 12.8 Å². The summed E-state index contributed by atoms with van der Waals surface area (Å²) in [6.07, 6.45) is 3.78. The second-order valence-corrected chi connectivity index (χ2v) is 5.15. The average molecular weight is 260 g/mol. The lowest BCUT2D eigenvalue weighted by Gasteiger charge is -2.09. The molecule has 1 atom stereocenters. The van der Waals surface area contributed by atoms with Crippen LogP contribution in [0.1, 0.15) is 32.1 Å². The van der Waals surface area contributed by atoms with Crippen LogP contribution in [0.15, 0.2) is 0 Å². The summed E-state index contributed by atoms with van der Waals surface area (Å²) < 4.78 is 0. The Morgan fingerprint density at radius 3 is 2.71 bits per heavy atom. The Bertz CT molecular complexity index is 255. The van der Waals surface area contributed by atoms with E-state index in [1.807, 2.05) is 0 Å². The summed E-state index contributed by atoms with van der Waals surface area (Å²) in [5.41, 5.74) is 0. The summed E-state index contributed by atoms with van der Waals surface area (Å²) in [6, 6.07) is -0.0352. The highest BCUT2D eigenvalue weighted by Crippen LogP contribution is 2.09. The van der Waals surface area contributed by atoms with Gasteiger partial charge >= 0.3 is 5.97 Å². The van der Waals surface area contributed by atoms with Gasteiger partial charge in [0.1, 0.15) is 0 Å². The van der Waals surface area contributed by atoms with E-state index < -0.39 is 5.97 Å². The van der Waals surface area contributed by atoms with Crippen LogP contribution in [0, 0.1) is 0 Å². The minimum absolute atomic E-state index is 0.0352. The molecule has 5 nitrogen and oxygen atoms in total. The highest BCUT2D eigenvalue weighted by molar-refractivity contribution is 7.99. The molecule has 0 bridgehead atoms. The molecule has 0 spiro atoms. The molecule has 1 amide bonds. The van der Waals surface area contributed by atoms with Crippen LogP contribution in [0.25, 0.3) is 0 Å². The molecule has 98 valence electrons. The van der Waals surface area contributed by atoms with Crippen molar-refractivity contribution in [3.8, 4) is 0 Å². The van der Waals surface area contributed by atoms with Crippen LogP contribution in [0.3, 0.4) is 0 Å². The number of hydrogen-bond acceptors (Lipinski definition) is 4. The van der Waals surface area contributed by atoms with Crippen molar-refractivity contribution >= 4 is 23.6 Å². The van der Waals surface area contributed by atoms with Crippen LogP contribution in [-0.4, -0.2) is 41.2 Å². The normalized spacial score (nSPS) is 19.2. The number of carboxylic acids is 1. The lowest BCUT2D eigenvalue weighted by molar-refractivity contribution is -0.137. The number of aliphatic carboxylic acids is 1. The van der Waals surface area contributed by atoms with Crippen molar-refractivity contribution in [2.75, 3.05) is 18.2 Å². The van der Waals surface area contributed by atoms with Crippen molar-refractivity contribution in [1.82, 2.24) is 10.6 Å². The van der Waals surface area contributed by atoms with Gasteiger partial charge in [-0.15, -0.1) is 11.8 Å². The summed E-state index contributed by atoms with van der Waals surface area (Å²) in [6.45, 7) is 0.689. The maximum atomic E-state index is 11.6. The predicted octanol–water partition coefficient (Wildman–Crippen LogP) is 0.800. The first-order chi connectivity index (χ1) is 8.20. The molecule has 0 aromatic carbocycles. The molecule has 1 heterocycles. The molecule has 0 aliphatic carbocycles. The Hall–Kier alpha value is -0.750. The number of amides is 1. The van der Waals surface area contributed by atoms with Gasteiger partial charge in [-0.25, -0.2) is 0 Å². The van der Waals surface area contributed by atoms with E-state index in [2.05, 4.69) is 10.6 Å². The van der Waals surface area contributed by atoms with Crippen LogP contribution < -0.4 is 10.6 Å². The fourth-order valence-electron chi connectivity index (χ4n) is 1.65. The number of nitrogens with one attached hydrogen (secondary N) is 2. The molecule has 6 heteroatoms. The predicted molar refractivity (Wildman–Crippen MR) is 68.0 cm³/mol. The SMILES string of the molecule is O=C(O)CCCCCCNC(=O)C1CSCN1. The largest absolute Gasteiger partial charge is 0.481 e. The van der Waals surface area contributed by atoms with Gasteiger partial charge in [0, 0.05) is 24.6 Å². The van der Waals surface area contributed by atoms with Gasteiger partial charge in [-0.1, -0.05) is 12.8 Å². The number of carbonyl (C=O) groups is 2. The van der Waals surface area contributed by atoms with E-state index in [1.165, 1.54) is 0 Å². The van der Waals surface area contributed by atoms with Gasteiger partial charge in [0.15, 0.2) is 0 Å². The Kier molecular flexibility index (Phi) is 7.04. The second-order valence-electron chi connectivity index (χ2n) is 4.12. The van der Waals surface area contributed by atoms with E-state index in [4.69, 9.17) is 5.11 Å². The van der Waals surface area contributed by atoms with E-state index in [0.717, 1.165) is 37.3 Å². The third-order valence-electron chi connectivity index (χ3n) is 2.65. The third-order valence-corrected chi connectivity index (χ3v) is 3.59. The van der Waals surface area contributed by atoms with Crippen LogP contribution in [-0.2, 0) is 9.59 Å². The van der Waals surface area contributed by atoms with Crippen LogP contribution in [0.5, 0.6) is 0 Å². The first-order valence-corrected chi connectivity index (χ1v) is 7.16. The highest BCUT2D eigenvalue weighted by atomic mass is 32.2. The zero-order chi connectivity index (χ0) is 12.5. The monoisotopic (exact) mass is 260 g/mol. The first kappa shape index (κ1) is 14.3. The number of carbonyl (C=O) groups excluding carboxylic acids is 1. The Balaban J connectivity index is 1.89. The standard InChI is InChI=1S/C11H20N2O3S/c14-10(15)5-3-1-2-4-6-12-11(16)9-7-17-8-13-9/h9,13H,1-8H2,(H,12,16)(H,14,15). The summed E-state index contributed by atoms with van der Waals surface area (Å²) in [5.74, 6) is 1.06. The molecule has 0 radical (unpaired) electrons. The smallest absolute Gasteiger partial charge is 0.303 e. The Morgan fingerprint density at radius 1 is 1.29 bits per heavy atom.